The van der Waals surface area contributed by atoms with Crippen molar-refractivity contribution in [2.45, 2.75) is 44.3 Å². The maximum atomic E-state index is 12.5. The molecule has 18 heavy (non-hydrogen) atoms. The highest BCUT2D eigenvalue weighted by Crippen LogP contribution is 2.45. The summed E-state index contributed by atoms with van der Waals surface area (Å²) < 4.78 is 37.5. The summed E-state index contributed by atoms with van der Waals surface area (Å²) in [6, 6.07) is -0.286. The van der Waals surface area contributed by atoms with Gasteiger partial charge in [-0.1, -0.05) is 18.6 Å². The minimum Gasteiger partial charge on any atom is -0.392 e. The molecule has 2 aliphatic rings. The zero-order valence-electron chi connectivity index (χ0n) is 9.79. The minimum atomic E-state index is -4.38. The van der Waals surface area contributed by atoms with E-state index in [0.717, 1.165) is 11.3 Å². The number of nitrogens with two attached hydrogens (primary N) is 1. The van der Waals surface area contributed by atoms with E-state index in [1.807, 2.05) is 0 Å². The van der Waals surface area contributed by atoms with Gasteiger partial charge >= 0.3 is 6.18 Å². The number of alkyl halides is 3. The first-order valence-corrected chi connectivity index (χ1v) is 6.35. The topological polar surface area (TPSA) is 46.3 Å². The summed E-state index contributed by atoms with van der Waals surface area (Å²) in [5.74, 6) is -0.527. The van der Waals surface area contributed by atoms with Crippen LogP contribution in [0.1, 0.15) is 32.1 Å². The lowest BCUT2D eigenvalue weighted by atomic mass is 9.67. The van der Waals surface area contributed by atoms with Crippen LogP contribution in [0.4, 0.5) is 13.2 Å². The van der Waals surface area contributed by atoms with E-state index in [-0.39, 0.29) is 11.0 Å². The molecule has 3 nitrogen and oxygen atoms in total. The van der Waals surface area contributed by atoms with E-state index >= 15 is 0 Å². The molecule has 0 radical (unpaired) electrons. The van der Waals surface area contributed by atoms with E-state index in [1.54, 1.807) is 0 Å². The van der Waals surface area contributed by atoms with Gasteiger partial charge in [-0.2, -0.15) is 13.2 Å². The Bertz CT molecular complexity index is 375. The number of halogens is 3. The number of nitrogens with zero attached hydrogens (tertiary/aromatic N) is 1. The largest absolute Gasteiger partial charge is 0.406 e. The molecular weight excluding hydrogens is 265 g/mol. The molecule has 2 rings (SSSR count). The van der Waals surface area contributed by atoms with Crippen molar-refractivity contribution < 1.29 is 18.0 Å². The van der Waals surface area contributed by atoms with Gasteiger partial charge in [0.1, 0.15) is 6.54 Å². The number of thiocarbonyl (C=S) groups is 1. The fourth-order valence-corrected chi connectivity index (χ4v) is 2.61. The van der Waals surface area contributed by atoms with Crippen LogP contribution in [-0.2, 0) is 4.79 Å². The van der Waals surface area contributed by atoms with Gasteiger partial charge in [0.05, 0.1) is 10.4 Å². The summed E-state index contributed by atoms with van der Waals surface area (Å²) in [7, 11) is 0. The van der Waals surface area contributed by atoms with Crippen LogP contribution in [0.5, 0.6) is 0 Å². The molecule has 2 fully saturated rings. The third kappa shape index (κ3) is 2.46. The van der Waals surface area contributed by atoms with Crippen LogP contribution in [0.2, 0.25) is 0 Å². The van der Waals surface area contributed by atoms with Gasteiger partial charge in [-0.25, -0.2) is 0 Å². The van der Waals surface area contributed by atoms with Gasteiger partial charge in [0.15, 0.2) is 0 Å². The molecule has 0 saturated heterocycles. The van der Waals surface area contributed by atoms with Gasteiger partial charge in [-0.05, 0) is 25.7 Å². The number of carbonyl (C=O) groups excluding carboxylic acids is 1. The molecule has 0 aromatic carbocycles. The molecule has 0 atom stereocenters. The van der Waals surface area contributed by atoms with E-state index < -0.39 is 24.0 Å². The molecule has 0 aromatic rings. The van der Waals surface area contributed by atoms with Crippen molar-refractivity contribution in [2.75, 3.05) is 6.54 Å². The average Bonchev–Trinajstić information content (AvgIpc) is 2.92. The van der Waals surface area contributed by atoms with E-state index in [0.29, 0.717) is 25.7 Å². The monoisotopic (exact) mass is 280 g/mol. The number of rotatable bonds is 4. The molecule has 0 unspecified atom stereocenters. The highest BCUT2D eigenvalue weighted by atomic mass is 32.1. The van der Waals surface area contributed by atoms with Crippen LogP contribution >= 0.6 is 12.2 Å². The van der Waals surface area contributed by atoms with Gasteiger partial charge in [-0.3, -0.25) is 4.79 Å². The molecule has 0 bridgehead atoms. The predicted octanol–water partition coefficient (Wildman–Crippen LogP) is 2.00. The Balaban J connectivity index is 2.15. The summed E-state index contributed by atoms with van der Waals surface area (Å²) in [4.78, 5) is 13.3. The molecule has 1 amide bonds. The van der Waals surface area contributed by atoms with Gasteiger partial charge < -0.3 is 10.6 Å². The highest BCUT2D eigenvalue weighted by molar-refractivity contribution is 7.80. The summed E-state index contributed by atoms with van der Waals surface area (Å²) >= 11 is 4.87. The highest BCUT2D eigenvalue weighted by Gasteiger charge is 2.53. The van der Waals surface area contributed by atoms with Crippen LogP contribution in [0.3, 0.4) is 0 Å². The number of hydrogen-bond donors (Lipinski definition) is 1. The number of hydrogen-bond acceptors (Lipinski definition) is 2. The van der Waals surface area contributed by atoms with E-state index in [2.05, 4.69) is 0 Å². The second kappa shape index (κ2) is 4.36. The maximum absolute atomic E-state index is 12.5. The van der Waals surface area contributed by atoms with E-state index in [9.17, 15) is 18.0 Å². The Morgan fingerprint density at radius 1 is 1.39 bits per heavy atom. The van der Waals surface area contributed by atoms with Crippen molar-refractivity contribution >= 4 is 23.1 Å². The van der Waals surface area contributed by atoms with Crippen LogP contribution in [0.25, 0.3) is 0 Å². The Hall–Kier alpha value is -0.850. The predicted molar refractivity (Wildman–Crippen MR) is 63.9 cm³/mol. The molecule has 2 N–H and O–H groups in total. The first-order valence-electron chi connectivity index (χ1n) is 5.94. The quantitative estimate of drug-likeness (QED) is 0.801. The van der Waals surface area contributed by atoms with E-state index in [1.165, 1.54) is 0 Å². The summed E-state index contributed by atoms with van der Waals surface area (Å²) in [6.45, 7) is -1.19. The van der Waals surface area contributed by atoms with Crippen molar-refractivity contribution in [3.05, 3.63) is 0 Å². The van der Waals surface area contributed by atoms with Crippen molar-refractivity contribution in [3.63, 3.8) is 0 Å². The molecule has 102 valence electrons. The fourth-order valence-electron chi connectivity index (χ4n) is 2.32. The summed E-state index contributed by atoms with van der Waals surface area (Å²) in [5.41, 5.74) is 4.55. The van der Waals surface area contributed by atoms with Gasteiger partial charge in [-0.15, -0.1) is 0 Å². The summed E-state index contributed by atoms with van der Waals surface area (Å²) in [5, 5.41) is 0. The smallest absolute Gasteiger partial charge is 0.392 e. The third-order valence-electron chi connectivity index (χ3n) is 3.69. The van der Waals surface area contributed by atoms with Crippen molar-refractivity contribution in [1.82, 2.24) is 4.90 Å². The second-order valence-electron chi connectivity index (χ2n) is 5.08. The lowest BCUT2D eigenvalue weighted by Gasteiger charge is -2.43. The average molecular weight is 280 g/mol. The fraction of sp³-hybridized carbons (Fsp3) is 0.818. The zero-order chi connectivity index (χ0) is 13.6. The number of carbonyl (C=O) groups is 1. The lowest BCUT2D eigenvalue weighted by molar-refractivity contribution is -0.169. The van der Waals surface area contributed by atoms with Gasteiger partial charge in [0.2, 0.25) is 5.91 Å². The number of amides is 1. The van der Waals surface area contributed by atoms with Crippen molar-refractivity contribution in [1.29, 1.82) is 0 Å². The van der Waals surface area contributed by atoms with Gasteiger partial charge in [0, 0.05) is 6.04 Å². The summed E-state index contributed by atoms with van der Waals surface area (Å²) in [6.07, 6.45) is -1.37. The molecule has 0 heterocycles. The molecule has 0 spiro atoms. The van der Waals surface area contributed by atoms with E-state index in [4.69, 9.17) is 18.0 Å². The molecule has 0 aliphatic heterocycles. The molecule has 2 aliphatic carbocycles. The second-order valence-corrected chi connectivity index (χ2v) is 5.52. The molecule has 7 heteroatoms. The lowest BCUT2D eigenvalue weighted by Crippen LogP contribution is -2.56. The molecular formula is C11H15F3N2OS. The third-order valence-corrected chi connectivity index (χ3v) is 4.08. The first kappa shape index (κ1) is 13.6. The Labute approximate surface area is 108 Å². The van der Waals surface area contributed by atoms with Crippen LogP contribution in [0.15, 0.2) is 0 Å². The Morgan fingerprint density at radius 2 is 1.94 bits per heavy atom. The Morgan fingerprint density at radius 3 is 2.22 bits per heavy atom. The SMILES string of the molecule is NC(=S)C1(C(=O)N(CC(F)(F)F)C2CC2)CCC1. The normalized spacial score (nSPS) is 22.2. The van der Waals surface area contributed by atoms with Crippen LogP contribution < -0.4 is 5.73 Å². The minimum absolute atomic E-state index is 0.0339. The van der Waals surface area contributed by atoms with Crippen molar-refractivity contribution in [2.24, 2.45) is 11.1 Å². The molecule has 0 aromatic heterocycles. The van der Waals surface area contributed by atoms with Gasteiger partial charge in [0.25, 0.3) is 0 Å². The zero-order valence-corrected chi connectivity index (χ0v) is 10.6. The van der Waals surface area contributed by atoms with Crippen LogP contribution in [-0.4, -0.2) is 34.6 Å². The standard InChI is InChI=1S/C11H15F3N2OS/c12-11(13,14)6-16(7-2-3-7)9(17)10(8(15)18)4-1-5-10/h7H,1-6H2,(H2,15,18). The van der Waals surface area contributed by atoms with Crippen LogP contribution in [0, 0.1) is 5.41 Å². The maximum Gasteiger partial charge on any atom is 0.406 e. The molecule has 2 saturated carbocycles. The first-order chi connectivity index (χ1) is 8.26. The van der Waals surface area contributed by atoms with Crippen molar-refractivity contribution in [3.8, 4) is 0 Å². The Kier molecular flexibility index (Phi) is 3.29.